The molecule has 0 bridgehead atoms. The molecule has 1 unspecified atom stereocenters. The molecule has 0 aromatic rings. The molecule has 2 heteroatoms. The maximum atomic E-state index is 5.80. The van der Waals surface area contributed by atoms with E-state index in [1.807, 2.05) is 0 Å². The Kier molecular flexibility index (Phi) is 2.75. The second kappa shape index (κ2) is 3.25. The van der Waals surface area contributed by atoms with E-state index in [2.05, 4.69) is 39.5 Å². The highest BCUT2D eigenvalue weighted by molar-refractivity contribution is 5.00. The lowest BCUT2D eigenvalue weighted by molar-refractivity contribution is 0.0330. The molecule has 1 aliphatic heterocycles. The molecule has 1 heterocycles. The minimum atomic E-state index is 0.240. The molecular weight excluding hydrogens is 160 g/mol. The van der Waals surface area contributed by atoms with E-state index in [0.29, 0.717) is 11.6 Å². The lowest BCUT2D eigenvalue weighted by atomic mass is 9.96. The second-order valence-electron chi connectivity index (χ2n) is 5.78. The standard InChI is InChI=1S/C11H24N2/c1-10(2,3)13-9(8-12)6-7-11(13,4)5/h9H,6-8,12H2,1-5H3. The summed E-state index contributed by atoms with van der Waals surface area (Å²) in [5, 5.41) is 0. The normalized spacial score (nSPS) is 29.5. The van der Waals surface area contributed by atoms with Crippen LogP contribution in [-0.2, 0) is 0 Å². The highest BCUT2D eigenvalue weighted by Gasteiger charge is 2.44. The fourth-order valence-electron chi connectivity index (χ4n) is 2.94. The van der Waals surface area contributed by atoms with Crippen LogP contribution in [0.2, 0.25) is 0 Å². The monoisotopic (exact) mass is 184 g/mol. The van der Waals surface area contributed by atoms with Crippen LogP contribution < -0.4 is 5.73 Å². The van der Waals surface area contributed by atoms with Crippen LogP contribution in [0.4, 0.5) is 0 Å². The Bertz CT molecular complexity index is 179. The van der Waals surface area contributed by atoms with Gasteiger partial charge in [0.25, 0.3) is 0 Å². The minimum Gasteiger partial charge on any atom is -0.329 e. The Morgan fingerprint density at radius 3 is 2.23 bits per heavy atom. The zero-order chi connectivity index (χ0) is 10.3. The van der Waals surface area contributed by atoms with Crippen molar-refractivity contribution in [3.63, 3.8) is 0 Å². The second-order valence-corrected chi connectivity index (χ2v) is 5.78. The van der Waals surface area contributed by atoms with Crippen molar-refractivity contribution in [1.29, 1.82) is 0 Å². The smallest absolute Gasteiger partial charge is 0.0229 e. The maximum Gasteiger partial charge on any atom is 0.0229 e. The summed E-state index contributed by atoms with van der Waals surface area (Å²) < 4.78 is 0. The van der Waals surface area contributed by atoms with E-state index >= 15 is 0 Å². The number of hydrogen-bond acceptors (Lipinski definition) is 2. The average Bonchev–Trinajstić information content (AvgIpc) is 2.23. The quantitative estimate of drug-likeness (QED) is 0.675. The average molecular weight is 184 g/mol. The number of rotatable bonds is 1. The van der Waals surface area contributed by atoms with E-state index in [1.165, 1.54) is 12.8 Å². The fraction of sp³-hybridized carbons (Fsp3) is 1.00. The molecule has 2 nitrogen and oxygen atoms in total. The predicted molar refractivity (Wildman–Crippen MR) is 57.7 cm³/mol. The van der Waals surface area contributed by atoms with Crippen LogP contribution in [0.1, 0.15) is 47.5 Å². The van der Waals surface area contributed by atoms with Gasteiger partial charge in [0.2, 0.25) is 0 Å². The first-order chi connectivity index (χ1) is 5.79. The van der Waals surface area contributed by atoms with Crippen LogP contribution in [0, 0.1) is 0 Å². The third-order valence-corrected chi connectivity index (χ3v) is 3.10. The Hall–Kier alpha value is -0.0800. The molecule has 0 amide bonds. The number of nitrogens with two attached hydrogens (primary N) is 1. The van der Waals surface area contributed by atoms with E-state index in [-0.39, 0.29) is 5.54 Å². The van der Waals surface area contributed by atoms with Crippen molar-refractivity contribution in [2.45, 2.75) is 64.6 Å². The highest BCUT2D eigenvalue weighted by atomic mass is 15.3. The van der Waals surface area contributed by atoms with Crippen LogP contribution in [0.15, 0.2) is 0 Å². The molecule has 0 saturated carbocycles. The van der Waals surface area contributed by atoms with Crippen molar-refractivity contribution in [2.24, 2.45) is 5.73 Å². The summed E-state index contributed by atoms with van der Waals surface area (Å²) in [6, 6.07) is 0.579. The van der Waals surface area contributed by atoms with Gasteiger partial charge in [-0.1, -0.05) is 0 Å². The molecule has 0 aliphatic carbocycles. The molecule has 1 rings (SSSR count). The summed E-state index contributed by atoms with van der Waals surface area (Å²) in [5.41, 5.74) is 6.36. The molecule has 0 aromatic carbocycles. The maximum absolute atomic E-state index is 5.80. The van der Waals surface area contributed by atoms with Gasteiger partial charge < -0.3 is 5.73 Å². The fourth-order valence-corrected chi connectivity index (χ4v) is 2.94. The SMILES string of the molecule is CC(C)(C)N1C(CN)CCC1(C)C. The summed E-state index contributed by atoms with van der Waals surface area (Å²) >= 11 is 0. The molecule has 1 saturated heterocycles. The lowest BCUT2D eigenvalue weighted by Crippen LogP contribution is -2.55. The highest BCUT2D eigenvalue weighted by Crippen LogP contribution is 2.38. The van der Waals surface area contributed by atoms with Gasteiger partial charge in [0, 0.05) is 23.7 Å². The van der Waals surface area contributed by atoms with E-state index in [0.717, 1.165) is 6.54 Å². The van der Waals surface area contributed by atoms with Crippen LogP contribution >= 0.6 is 0 Å². The predicted octanol–water partition coefficient (Wildman–Crippen LogP) is 1.99. The van der Waals surface area contributed by atoms with E-state index in [1.54, 1.807) is 0 Å². The summed E-state index contributed by atoms with van der Waals surface area (Å²) in [4.78, 5) is 2.58. The van der Waals surface area contributed by atoms with Gasteiger partial charge in [-0.3, -0.25) is 4.90 Å². The van der Waals surface area contributed by atoms with Crippen molar-refractivity contribution < 1.29 is 0 Å². The molecule has 1 atom stereocenters. The molecule has 2 N–H and O–H groups in total. The van der Waals surface area contributed by atoms with Gasteiger partial charge in [-0.25, -0.2) is 0 Å². The van der Waals surface area contributed by atoms with Gasteiger partial charge in [0.15, 0.2) is 0 Å². The van der Waals surface area contributed by atoms with Gasteiger partial charge in [-0.2, -0.15) is 0 Å². The Morgan fingerprint density at radius 2 is 1.92 bits per heavy atom. The minimum absolute atomic E-state index is 0.240. The van der Waals surface area contributed by atoms with Crippen molar-refractivity contribution in [3.05, 3.63) is 0 Å². The van der Waals surface area contributed by atoms with Crippen molar-refractivity contribution >= 4 is 0 Å². The van der Waals surface area contributed by atoms with Gasteiger partial charge >= 0.3 is 0 Å². The topological polar surface area (TPSA) is 29.3 Å². The molecule has 0 radical (unpaired) electrons. The molecule has 0 aromatic heterocycles. The Labute approximate surface area is 82.5 Å². The summed E-state index contributed by atoms with van der Waals surface area (Å²) in [7, 11) is 0. The van der Waals surface area contributed by atoms with Crippen molar-refractivity contribution in [3.8, 4) is 0 Å². The van der Waals surface area contributed by atoms with Gasteiger partial charge in [-0.15, -0.1) is 0 Å². The van der Waals surface area contributed by atoms with E-state index in [4.69, 9.17) is 5.73 Å². The van der Waals surface area contributed by atoms with Crippen LogP contribution in [0.3, 0.4) is 0 Å². The summed E-state index contributed by atoms with van der Waals surface area (Å²) in [6.45, 7) is 12.3. The van der Waals surface area contributed by atoms with Gasteiger partial charge in [0.05, 0.1) is 0 Å². The summed E-state index contributed by atoms with van der Waals surface area (Å²) in [5.74, 6) is 0. The first-order valence-corrected chi connectivity index (χ1v) is 5.28. The molecule has 1 fully saturated rings. The molecular formula is C11H24N2. The summed E-state index contributed by atoms with van der Waals surface area (Å²) in [6.07, 6.45) is 2.52. The first kappa shape index (κ1) is 11.0. The molecule has 78 valence electrons. The van der Waals surface area contributed by atoms with Crippen LogP contribution in [-0.4, -0.2) is 28.6 Å². The zero-order valence-electron chi connectivity index (χ0n) is 9.72. The number of likely N-dealkylation sites (tertiary alicyclic amines) is 1. The van der Waals surface area contributed by atoms with Gasteiger partial charge in [0.1, 0.15) is 0 Å². The third-order valence-electron chi connectivity index (χ3n) is 3.10. The zero-order valence-corrected chi connectivity index (χ0v) is 9.72. The van der Waals surface area contributed by atoms with E-state index < -0.39 is 0 Å². The molecule has 13 heavy (non-hydrogen) atoms. The van der Waals surface area contributed by atoms with Crippen molar-refractivity contribution in [1.82, 2.24) is 4.90 Å². The number of hydrogen-bond donors (Lipinski definition) is 1. The van der Waals surface area contributed by atoms with E-state index in [9.17, 15) is 0 Å². The molecule has 1 aliphatic rings. The lowest BCUT2D eigenvalue weighted by Gasteiger charge is -2.45. The van der Waals surface area contributed by atoms with Crippen molar-refractivity contribution in [2.75, 3.05) is 6.54 Å². The Balaban J connectivity index is 2.87. The molecule has 0 spiro atoms. The van der Waals surface area contributed by atoms with Gasteiger partial charge in [-0.05, 0) is 47.5 Å². The number of nitrogens with zero attached hydrogens (tertiary/aromatic N) is 1. The Morgan fingerprint density at radius 1 is 1.38 bits per heavy atom. The first-order valence-electron chi connectivity index (χ1n) is 5.28. The van der Waals surface area contributed by atoms with Crippen LogP contribution in [0.5, 0.6) is 0 Å². The third kappa shape index (κ3) is 2.05. The van der Waals surface area contributed by atoms with Crippen LogP contribution in [0.25, 0.3) is 0 Å². The largest absolute Gasteiger partial charge is 0.329 e.